The van der Waals surface area contributed by atoms with Crippen LogP contribution in [0.3, 0.4) is 0 Å². The number of aliphatic imine (C=N–C) groups is 1. The summed E-state index contributed by atoms with van der Waals surface area (Å²) >= 11 is 1.13. The molecule has 2 aromatic rings. The smallest absolute Gasteiger partial charge is 0.344 e. The van der Waals surface area contributed by atoms with E-state index in [4.69, 9.17) is 14.6 Å². The molecule has 2 aromatic carbocycles. The lowest BCUT2D eigenvalue weighted by molar-refractivity contribution is -0.139. The van der Waals surface area contributed by atoms with Crippen LogP contribution in [0.1, 0.15) is 25.0 Å². The van der Waals surface area contributed by atoms with E-state index in [0.29, 0.717) is 26.9 Å². The number of carbonyl (C=O) groups excluding carboxylic acids is 1. The molecule has 0 atom stereocenters. The monoisotopic (exact) mass is 453 g/mol. The molecule has 166 valence electrons. The minimum absolute atomic E-state index is 0.00777. The highest BCUT2D eigenvalue weighted by Gasteiger charge is 2.33. The number of carbonyl (C=O) groups is 2. The number of hydrogen-bond donors (Lipinski definition) is 2. The number of ether oxygens (including phenoxy) is 2. The number of aryl methyl sites for hydroxylation is 1. The zero-order chi connectivity index (χ0) is 23.1. The second-order valence-corrected chi connectivity index (χ2v) is 7.74. The maximum Gasteiger partial charge on any atom is 0.344 e. The third-order valence-electron chi connectivity index (χ3n) is 4.50. The van der Waals surface area contributed by atoms with Crippen LogP contribution in [0, 0.1) is 0 Å². The fourth-order valence-electron chi connectivity index (χ4n) is 2.93. The topological polar surface area (TPSA) is 105 Å². The van der Waals surface area contributed by atoms with E-state index in [2.05, 4.69) is 11.9 Å². The lowest BCUT2D eigenvalue weighted by atomic mass is 10.1. The Morgan fingerprint density at radius 3 is 2.47 bits per heavy atom. The van der Waals surface area contributed by atoms with Crippen molar-refractivity contribution in [2.24, 2.45) is 4.99 Å². The first-order chi connectivity index (χ1) is 15.4. The molecule has 0 spiro atoms. The Kier molecular flexibility index (Phi) is 7.72. The highest BCUT2D eigenvalue weighted by atomic mass is 32.2. The summed E-state index contributed by atoms with van der Waals surface area (Å²) in [4.78, 5) is 28.3. The molecule has 0 saturated carbocycles. The average molecular weight is 454 g/mol. The van der Waals surface area contributed by atoms with Crippen LogP contribution in [0.25, 0.3) is 6.08 Å². The van der Waals surface area contributed by atoms with Gasteiger partial charge in [-0.1, -0.05) is 49.0 Å². The Labute approximate surface area is 190 Å². The molecular weight excluding hydrogens is 430 g/mol. The van der Waals surface area contributed by atoms with Gasteiger partial charge in [-0.2, -0.15) is 0 Å². The predicted molar refractivity (Wildman–Crippen MR) is 124 cm³/mol. The number of benzene rings is 2. The van der Waals surface area contributed by atoms with Gasteiger partial charge in [0.2, 0.25) is 0 Å². The number of hydrogen-bond acceptors (Lipinski definition) is 7. The van der Waals surface area contributed by atoms with Crippen molar-refractivity contribution in [2.45, 2.75) is 20.3 Å². The van der Waals surface area contributed by atoms with Gasteiger partial charge in [0.1, 0.15) is 22.1 Å². The molecule has 0 amide bonds. The number of carboxylic acids is 1. The van der Waals surface area contributed by atoms with Gasteiger partial charge in [0.05, 0.1) is 17.2 Å². The van der Waals surface area contributed by atoms with Crippen LogP contribution < -0.4 is 4.74 Å². The van der Waals surface area contributed by atoms with E-state index < -0.39 is 18.5 Å². The van der Waals surface area contributed by atoms with Crippen molar-refractivity contribution < 1.29 is 29.3 Å². The third-order valence-corrected chi connectivity index (χ3v) is 5.52. The summed E-state index contributed by atoms with van der Waals surface area (Å²) in [5.74, 6) is -1.67. The van der Waals surface area contributed by atoms with Gasteiger partial charge in [-0.3, -0.25) is 0 Å². The molecule has 0 radical (unpaired) electrons. The molecular formula is C24H23NO6S. The van der Waals surface area contributed by atoms with E-state index >= 15 is 0 Å². The van der Waals surface area contributed by atoms with Gasteiger partial charge >= 0.3 is 11.9 Å². The number of rotatable bonds is 8. The van der Waals surface area contributed by atoms with Crippen LogP contribution in [0.5, 0.6) is 5.75 Å². The average Bonchev–Trinajstić information content (AvgIpc) is 3.08. The van der Waals surface area contributed by atoms with Crippen molar-refractivity contribution in [2.75, 3.05) is 13.2 Å². The lowest BCUT2D eigenvalue weighted by Crippen LogP contribution is -2.12. The molecule has 7 nitrogen and oxygen atoms in total. The predicted octanol–water partition coefficient (Wildman–Crippen LogP) is 4.91. The first kappa shape index (κ1) is 23.1. The Balaban J connectivity index is 2.00. The maximum absolute atomic E-state index is 12.5. The van der Waals surface area contributed by atoms with E-state index in [-0.39, 0.29) is 17.9 Å². The Morgan fingerprint density at radius 2 is 1.81 bits per heavy atom. The fourth-order valence-corrected chi connectivity index (χ4v) is 3.95. The second kappa shape index (κ2) is 10.7. The minimum atomic E-state index is -1.10. The Morgan fingerprint density at radius 1 is 1.09 bits per heavy atom. The molecule has 0 bridgehead atoms. The number of thioether (sulfide) groups is 1. The van der Waals surface area contributed by atoms with Crippen molar-refractivity contribution in [3.05, 3.63) is 75.9 Å². The summed E-state index contributed by atoms with van der Waals surface area (Å²) in [6, 6.07) is 14.4. The van der Waals surface area contributed by atoms with Gasteiger partial charge in [-0.15, -0.1) is 0 Å². The van der Waals surface area contributed by atoms with Crippen molar-refractivity contribution in [1.82, 2.24) is 0 Å². The largest absolute Gasteiger partial charge is 0.506 e. The van der Waals surface area contributed by atoms with Crippen LogP contribution in [0.2, 0.25) is 0 Å². The molecule has 1 heterocycles. The maximum atomic E-state index is 12.5. The van der Waals surface area contributed by atoms with E-state index in [1.54, 1.807) is 37.3 Å². The lowest BCUT2D eigenvalue weighted by Gasteiger charge is -2.07. The standard InChI is InChI=1S/C24H23NO6S/c1-3-15-9-11-17(12-10-15)25-23-21(24(29)30-4-2)22(28)19(32-23)13-16-7-5-6-8-18(16)31-14-20(26)27/h5-13,28H,3-4,14H2,1-2H3,(H,26,27). The zero-order valence-corrected chi connectivity index (χ0v) is 18.5. The highest BCUT2D eigenvalue weighted by Crippen LogP contribution is 2.41. The molecule has 0 fully saturated rings. The van der Waals surface area contributed by atoms with Gasteiger partial charge in [-0.25, -0.2) is 14.6 Å². The first-order valence-electron chi connectivity index (χ1n) is 10.0. The quantitative estimate of drug-likeness (QED) is 0.547. The van der Waals surface area contributed by atoms with Gasteiger partial charge in [-0.05, 0) is 43.2 Å². The summed E-state index contributed by atoms with van der Waals surface area (Å²) in [6.45, 7) is 3.40. The summed E-state index contributed by atoms with van der Waals surface area (Å²) in [5.41, 5.74) is 2.35. The van der Waals surface area contributed by atoms with Gasteiger partial charge in [0.25, 0.3) is 0 Å². The molecule has 0 saturated heterocycles. The van der Waals surface area contributed by atoms with E-state index in [0.717, 1.165) is 23.7 Å². The van der Waals surface area contributed by atoms with Crippen LogP contribution in [-0.4, -0.2) is 40.4 Å². The number of aliphatic hydroxyl groups excluding tert-OH is 1. The molecule has 8 heteroatoms. The number of aliphatic carboxylic acids is 1. The first-order valence-corrected chi connectivity index (χ1v) is 10.9. The summed E-state index contributed by atoms with van der Waals surface area (Å²) in [5, 5.41) is 20.0. The van der Waals surface area contributed by atoms with Crippen molar-refractivity contribution in [1.29, 1.82) is 0 Å². The molecule has 1 aliphatic rings. The Bertz CT molecular complexity index is 1100. The molecule has 1 aliphatic heterocycles. The van der Waals surface area contributed by atoms with E-state index in [1.165, 1.54) is 0 Å². The second-order valence-electron chi connectivity index (χ2n) is 6.71. The molecule has 0 unspecified atom stereocenters. The normalized spacial score (nSPS) is 15.9. The molecule has 32 heavy (non-hydrogen) atoms. The Hall–Kier alpha value is -3.52. The van der Waals surface area contributed by atoms with Crippen molar-refractivity contribution in [3.63, 3.8) is 0 Å². The van der Waals surface area contributed by atoms with E-state index in [9.17, 15) is 14.7 Å². The van der Waals surface area contributed by atoms with Gasteiger partial charge in [0, 0.05) is 5.56 Å². The van der Waals surface area contributed by atoms with Crippen LogP contribution in [0.15, 0.2) is 69.8 Å². The SMILES string of the molecule is CCOC(=O)C1=C(O)C(=Cc2ccccc2OCC(=O)O)SC1=Nc1ccc(CC)cc1. The van der Waals surface area contributed by atoms with Crippen molar-refractivity contribution >= 4 is 40.5 Å². The van der Waals surface area contributed by atoms with Crippen LogP contribution in [0.4, 0.5) is 5.69 Å². The summed E-state index contributed by atoms with van der Waals surface area (Å²) in [6.07, 6.45) is 2.52. The van der Waals surface area contributed by atoms with Gasteiger partial charge < -0.3 is 19.7 Å². The zero-order valence-electron chi connectivity index (χ0n) is 17.7. The molecule has 0 aliphatic carbocycles. The van der Waals surface area contributed by atoms with Crippen LogP contribution >= 0.6 is 11.8 Å². The minimum Gasteiger partial charge on any atom is -0.506 e. The third kappa shape index (κ3) is 5.59. The van der Waals surface area contributed by atoms with Gasteiger partial charge in [0.15, 0.2) is 6.61 Å². The van der Waals surface area contributed by atoms with Crippen molar-refractivity contribution in [3.8, 4) is 5.75 Å². The summed E-state index contributed by atoms with van der Waals surface area (Å²) in [7, 11) is 0. The number of aliphatic hydroxyl groups is 1. The molecule has 0 aromatic heterocycles. The van der Waals surface area contributed by atoms with Crippen LogP contribution in [-0.2, 0) is 20.7 Å². The number of esters is 1. The van der Waals surface area contributed by atoms with E-state index in [1.807, 2.05) is 24.3 Å². The number of nitrogens with zero attached hydrogens (tertiary/aromatic N) is 1. The summed E-state index contributed by atoms with van der Waals surface area (Å²) < 4.78 is 10.4. The number of para-hydroxylation sites is 1. The number of carboxylic acid groups (broad SMARTS) is 1. The highest BCUT2D eigenvalue weighted by molar-refractivity contribution is 8.18. The molecule has 2 N–H and O–H groups in total. The fraction of sp³-hybridized carbons (Fsp3) is 0.208. The molecule has 3 rings (SSSR count).